The Balaban J connectivity index is 2.15. The molecule has 0 saturated carbocycles. The highest BCUT2D eigenvalue weighted by molar-refractivity contribution is 7.93. The summed E-state index contributed by atoms with van der Waals surface area (Å²) in [5.74, 6) is 0.720. The minimum Gasteiger partial charge on any atom is -0.360 e. The summed E-state index contributed by atoms with van der Waals surface area (Å²) in [5, 5.41) is 4.81. The average Bonchev–Trinajstić information content (AvgIpc) is 3.05. The lowest BCUT2D eigenvalue weighted by Crippen LogP contribution is -2.26. The van der Waals surface area contributed by atoms with Gasteiger partial charge in [0, 0.05) is 30.2 Å². The van der Waals surface area contributed by atoms with Gasteiger partial charge in [-0.1, -0.05) is 28.4 Å². The third-order valence-electron chi connectivity index (χ3n) is 3.26. The van der Waals surface area contributed by atoms with Crippen LogP contribution in [0.2, 0.25) is 10.0 Å². The summed E-state index contributed by atoms with van der Waals surface area (Å²) in [4.78, 5) is 2.97. The number of hydrogen-bond acceptors (Lipinski definition) is 4. The number of halogens is 2. The Kier molecular flexibility index (Phi) is 3.58. The van der Waals surface area contributed by atoms with E-state index in [1.54, 1.807) is 13.0 Å². The van der Waals surface area contributed by atoms with Crippen LogP contribution in [0.4, 0.5) is 5.82 Å². The highest BCUT2D eigenvalue weighted by Crippen LogP contribution is 2.33. The number of sulfonamides is 1. The number of nitrogens with one attached hydrogen (secondary N) is 1. The van der Waals surface area contributed by atoms with Crippen molar-refractivity contribution in [3.05, 3.63) is 40.2 Å². The number of aromatic nitrogens is 2. The predicted molar refractivity (Wildman–Crippen MR) is 85.1 cm³/mol. The fourth-order valence-corrected chi connectivity index (χ4v) is 3.69. The summed E-state index contributed by atoms with van der Waals surface area (Å²) in [6, 6.07) is 4.64. The van der Waals surface area contributed by atoms with Crippen molar-refractivity contribution < 1.29 is 12.9 Å². The molecule has 0 amide bonds. The van der Waals surface area contributed by atoms with E-state index in [2.05, 4.69) is 10.1 Å². The molecule has 0 unspecified atom stereocenters. The van der Waals surface area contributed by atoms with E-state index in [1.807, 2.05) is 0 Å². The zero-order valence-corrected chi connectivity index (χ0v) is 13.9. The van der Waals surface area contributed by atoms with Gasteiger partial charge in [0.25, 0.3) is 10.0 Å². The second-order valence-corrected chi connectivity index (χ2v) is 7.49. The molecule has 3 aromatic rings. The molecule has 9 heteroatoms. The lowest BCUT2D eigenvalue weighted by Gasteiger charge is -2.15. The second kappa shape index (κ2) is 5.19. The van der Waals surface area contributed by atoms with Gasteiger partial charge in [0.05, 0.1) is 10.0 Å². The Morgan fingerprint density at radius 3 is 2.55 bits per heavy atom. The van der Waals surface area contributed by atoms with Crippen molar-refractivity contribution in [3.63, 3.8) is 0 Å². The predicted octanol–water partition coefficient (Wildman–Crippen LogP) is 3.60. The van der Waals surface area contributed by atoms with E-state index >= 15 is 0 Å². The Labute approximate surface area is 136 Å². The third-order valence-corrected chi connectivity index (χ3v) is 5.79. The van der Waals surface area contributed by atoms with E-state index in [0.29, 0.717) is 21.7 Å². The van der Waals surface area contributed by atoms with Crippen LogP contribution in [0, 0.1) is 6.92 Å². The first-order valence-electron chi connectivity index (χ1n) is 6.19. The largest absolute Gasteiger partial charge is 0.360 e. The molecule has 0 fully saturated rings. The monoisotopic (exact) mass is 359 g/mol. The molecule has 2 aromatic heterocycles. The van der Waals surface area contributed by atoms with Gasteiger partial charge >= 0.3 is 0 Å². The van der Waals surface area contributed by atoms with Crippen LogP contribution in [-0.2, 0) is 10.0 Å². The number of nitrogens with zero attached hydrogens (tertiary/aromatic N) is 2. The standard InChI is InChI=1S/C13H11Cl2N3O3S/c1-7-3-13(17-21-7)18(2)22(19,20)12-6-16-11-5-10(15)9(14)4-8(11)12/h3-6,16H,1-2H3. The summed E-state index contributed by atoms with van der Waals surface area (Å²) in [7, 11) is -2.41. The molecule has 0 saturated heterocycles. The van der Waals surface area contributed by atoms with Gasteiger partial charge in [-0.15, -0.1) is 0 Å². The van der Waals surface area contributed by atoms with Crippen LogP contribution in [0.1, 0.15) is 5.76 Å². The molecule has 1 N–H and O–H groups in total. The molecule has 0 bridgehead atoms. The van der Waals surface area contributed by atoms with Crippen molar-refractivity contribution in [1.82, 2.24) is 10.1 Å². The van der Waals surface area contributed by atoms with Gasteiger partial charge in [-0.2, -0.15) is 0 Å². The maximum Gasteiger partial charge on any atom is 0.267 e. The minimum absolute atomic E-state index is 0.0872. The van der Waals surface area contributed by atoms with Crippen LogP contribution in [0.5, 0.6) is 0 Å². The quantitative estimate of drug-likeness (QED) is 0.774. The van der Waals surface area contributed by atoms with Crippen LogP contribution >= 0.6 is 23.2 Å². The highest BCUT2D eigenvalue weighted by Gasteiger charge is 2.27. The highest BCUT2D eigenvalue weighted by atomic mass is 35.5. The van der Waals surface area contributed by atoms with Crippen molar-refractivity contribution >= 4 is 49.9 Å². The minimum atomic E-state index is -3.81. The van der Waals surface area contributed by atoms with E-state index < -0.39 is 10.0 Å². The van der Waals surface area contributed by atoms with Crippen molar-refractivity contribution in [2.45, 2.75) is 11.8 Å². The first kappa shape index (κ1) is 15.2. The topological polar surface area (TPSA) is 79.2 Å². The number of fused-ring (bicyclic) bond motifs is 1. The Morgan fingerprint density at radius 1 is 1.23 bits per heavy atom. The molecular formula is C13H11Cl2N3O3S. The molecule has 0 atom stereocenters. The first-order valence-corrected chi connectivity index (χ1v) is 8.38. The number of benzene rings is 1. The normalized spacial score (nSPS) is 12.0. The van der Waals surface area contributed by atoms with E-state index in [-0.39, 0.29) is 15.7 Å². The Bertz CT molecular complexity index is 962. The molecule has 0 aliphatic rings. The zero-order valence-electron chi connectivity index (χ0n) is 11.6. The van der Waals surface area contributed by atoms with Crippen LogP contribution in [0.3, 0.4) is 0 Å². The number of hydrogen-bond donors (Lipinski definition) is 1. The zero-order chi connectivity index (χ0) is 16.1. The van der Waals surface area contributed by atoms with Crippen LogP contribution < -0.4 is 4.31 Å². The first-order chi connectivity index (χ1) is 10.3. The molecule has 0 aliphatic heterocycles. The maximum absolute atomic E-state index is 12.8. The molecule has 116 valence electrons. The van der Waals surface area contributed by atoms with Gasteiger partial charge in [-0.05, 0) is 19.1 Å². The van der Waals surface area contributed by atoms with Crippen molar-refractivity contribution in [3.8, 4) is 0 Å². The lowest BCUT2D eigenvalue weighted by molar-refractivity contribution is 0.399. The van der Waals surface area contributed by atoms with Crippen molar-refractivity contribution in [1.29, 1.82) is 0 Å². The number of anilines is 1. The summed E-state index contributed by atoms with van der Waals surface area (Å²) in [6.45, 7) is 1.68. The van der Waals surface area contributed by atoms with E-state index in [1.165, 1.54) is 25.4 Å². The van der Waals surface area contributed by atoms with Crippen LogP contribution in [0.15, 0.2) is 33.8 Å². The summed E-state index contributed by atoms with van der Waals surface area (Å²) >= 11 is 11.9. The molecule has 3 rings (SSSR count). The van der Waals surface area contributed by atoms with Crippen molar-refractivity contribution in [2.75, 3.05) is 11.4 Å². The number of rotatable bonds is 3. The maximum atomic E-state index is 12.8. The van der Waals surface area contributed by atoms with Gasteiger partial charge in [-0.25, -0.2) is 12.7 Å². The summed E-state index contributed by atoms with van der Waals surface area (Å²) in [5.41, 5.74) is 0.581. The fourth-order valence-electron chi connectivity index (χ4n) is 2.08. The molecule has 0 radical (unpaired) electrons. The van der Waals surface area contributed by atoms with E-state index in [9.17, 15) is 8.42 Å². The smallest absolute Gasteiger partial charge is 0.267 e. The molecule has 1 aromatic carbocycles. The Morgan fingerprint density at radius 2 is 1.91 bits per heavy atom. The molecule has 6 nitrogen and oxygen atoms in total. The van der Waals surface area contributed by atoms with Gasteiger partial charge in [0.1, 0.15) is 10.7 Å². The molecule has 22 heavy (non-hydrogen) atoms. The van der Waals surface area contributed by atoms with E-state index in [0.717, 1.165) is 4.31 Å². The van der Waals surface area contributed by atoms with Gasteiger partial charge in [0.15, 0.2) is 5.82 Å². The van der Waals surface area contributed by atoms with Crippen LogP contribution in [-0.4, -0.2) is 25.6 Å². The van der Waals surface area contributed by atoms with Crippen LogP contribution in [0.25, 0.3) is 10.9 Å². The summed E-state index contributed by atoms with van der Waals surface area (Å²) in [6.07, 6.45) is 1.40. The molecule has 0 spiro atoms. The molecule has 2 heterocycles. The van der Waals surface area contributed by atoms with Crippen molar-refractivity contribution in [2.24, 2.45) is 0 Å². The second-order valence-electron chi connectivity index (χ2n) is 4.73. The summed E-state index contributed by atoms with van der Waals surface area (Å²) < 4.78 is 31.5. The van der Waals surface area contributed by atoms with Gasteiger partial charge in [0.2, 0.25) is 0 Å². The fraction of sp³-hybridized carbons (Fsp3) is 0.154. The molecular weight excluding hydrogens is 349 g/mol. The average molecular weight is 360 g/mol. The van der Waals surface area contributed by atoms with E-state index in [4.69, 9.17) is 27.7 Å². The SMILES string of the molecule is Cc1cc(N(C)S(=O)(=O)c2c[nH]c3cc(Cl)c(Cl)cc23)no1. The van der Waals surface area contributed by atoms with Gasteiger partial charge < -0.3 is 9.51 Å². The lowest BCUT2D eigenvalue weighted by atomic mass is 10.2. The van der Waals surface area contributed by atoms with Gasteiger partial charge in [-0.3, -0.25) is 0 Å². The third kappa shape index (κ3) is 2.35. The number of aryl methyl sites for hydroxylation is 1. The molecule has 0 aliphatic carbocycles. The number of aromatic amines is 1. The Hall–Kier alpha value is -1.70. The number of H-pyrrole nitrogens is 1.